The van der Waals surface area contributed by atoms with Crippen LogP contribution < -0.4 is 0 Å². The summed E-state index contributed by atoms with van der Waals surface area (Å²) in [7, 11) is -3.60. The highest BCUT2D eigenvalue weighted by atomic mass is 32.2. The minimum atomic E-state index is -3.60. The van der Waals surface area contributed by atoms with Crippen LogP contribution in [0.4, 0.5) is 4.39 Å². The summed E-state index contributed by atoms with van der Waals surface area (Å²) in [6.45, 7) is 4.09. The van der Waals surface area contributed by atoms with Crippen molar-refractivity contribution in [2.75, 3.05) is 13.1 Å². The molecular formula is C14H20FNO3S. The number of aliphatic hydroxyl groups is 1. The Balaban J connectivity index is 2.37. The van der Waals surface area contributed by atoms with Crippen molar-refractivity contribution in [1.29, 1.82) is 0 Å². The predicted octanol–water partition coefficient (Wildman–Crippen LogP) is 2.05. The first-order chi connectivity index (χ1) is 9.36. The van der Waals surface area contributed by atoms with Gasteiger partial charge in [-0.1, -0.05) is 6.92 Å². The maximum atomic E-state index is 13.7. The number of sulfonamides is 1. The van der Waals surface area contributed by atoms with Crippen molar-refractivity contribution in [2.45, 2.75) is 38.2 Å². The molecule has 4 nitrogen and oxygen atoms in total. The molecule has 1 aromatic carbocycles. The molecule has 0 bridgehead atoms. The van der Waals surface area contributed by atoms with E-state index in [-0.39, 0.29) is 16.0 Å². The van der Waals surface area contributed by atoms with E-state index in [1.54, 1.807) is 0 Å². The van der Waals surface area contributed by atoms with Crippen molar-refractivity contribution in [1.82, 2.24) is 4.31 Å². The lowest BCUT2D eigenvalue weighted by Crippen LogP contribution is -2.38. The zero-order chi connectivity index (χ0) is 14.9. The summed E-state index contributed by atoms with van der Waals surface area (Å²) in [5.41, 5.74) is 0.259. The number of hydrogen-bond donors (Lipinski definition) is 1. The maximum Gasteiger partial charge on any atom is 0.243 e. The van der Waals surface area contributed by atoms with Crippen molar-refractivity contribution in [3.05, 3.63) is 29.1 Å². The third-order valence-electron chi connectivity index (χ3n) is 3.85. The second-order valence-electron chi connectivity index (χ2n) is 5.46. The molecule has 1 saturated heterocycles. The van der Waals surface area contributed by atoms with Gasteiger partial charge in [-0.15, -0.1) is 0 Å². The smallest absolute Gasteiger partial charge is 0.243 e. The lowest BCUT2D eigenvalue weighted by atomic mass is 10.0. The van der Waals surface area contributed by atoms with Gasteiger partial charge in [-0.2, -0.15) is 4.31 Å². The Hall–Kier alpha value is -0.980. The van der Waals surface area contributed by atoms with Crippen molar-refractivity contribution in [2.24, 2.45) is 5.92 Å². The third-order valence-corrected chi connectivity index (χ3v) is 5.73. The Morgan fingerprint density at radius 2 is 1.95 bits per heavy atom. The molecule has 1 N–H and O–H groups in total. The zero-order valence-electron chi connectivity index (χ0n) is 11.8. The summed E-state index contributed by atoms with van der Waals surface area (Å²) in [5, 5.41) is 9.13. The van der Waals surface area contributed by atoms with Gasteiger partial charge in [0, 0.05) is 18.7 Å². The van der Waals surface area contributed by atoms with E-state index < -0.39 is 22.4 Å². The summed E-state index contributed by atoms with van der Waals surface area (Å²) in [4.78, 5) is 0.0648. The topological polar surface area (TPSA) is 57.6 Å². The Morgan fingerprint density at radius 1 is 1.35 bits per heavy atom. The van der Waals surface area contributed by atoms with E-state index in [1.165, 1.54) is 23.4 Å². The van der Waals surface area contributed by atoms with Gasteiger partial charge in [0.15, 0.2) is 0 Å². The molecule has 1 aliphatic rings. The van der Waals surface area contributed by atoms with Crippen LogP contribution in [0.5, 0.6) is 0 Å². The number of nitrogens with zero attached hydrogens (tertiary/aromatic N) is 1. The molecular weight excluding hydrogens is 281 g/mol. The molecule has 0 unspecified atom stereocenters. The Kier molecular flexibility index (Phi) is 4.46. The van der Waals surface area contributed by atoms with Crippen LogP contribution in [0.25, 0.3) is 0 Å². The lowest BCUT2D eigenvalue weighted by molar-refractivity contribution is 0.274. The number of aryl methyl sites for hydroxylation is 1. The second-order valence-corrected chi connectivity index (χ2v) is 7.40. The van der Waals surface area contributed by atoms with Crippen LogP contribution in [-0.4, -0.2) is 30.9 Å². The van der Waals surface area contributed by atoms with Crippen molar-refractivity contribution in [3.63, 3.8) is 0 Å². The SMILES string of the molecule is Cc1cc(S(=O)(=O)N2CCC(C)CC2)cc(CO)c1F. The van der Waals surface area contributed by atoms with Gasteiger partial charge >= 0.3 is 0 Å². The van der Waals surface area contributed by atoms with Gasteiger partial charge in [0.25, 0.3) is 0 Å². The van der Waals surface area contributed by atoms with Crippen LogP contribution in [0.2, 0.25) is 0 Å². The summed E-state index contributed by atoms with van der Waals surface area (Å²) in [6, 6.07) is 2.57. The van der Waals surface area contributed by atoms with Crippen LogP contribution in [0.3, 0.4) is 0 Å². The van der Waals surface area contributed by atoms with Gasteiger partial charge in [0.2, 0.25) is 10.0 Å². The number of hydrogen-bond acceptors (Lipinski definition) is 3. The van der Waals surface area contributed by atoms with Crippen molar-refractivity contribution < 1.29 is 17.9 Å². The molecule has 1 heterocycles. The molecule has 0 radical (unpaired) electrons. The maximum absolute atomic E-state index is 13.7. The highest BCUT2D eigenvalue weighted by molar-refractivity contribution is 7.89. The van der Waals surface area contributed by atoms with Gasteiger partial charge in [-0.25, -0.2) is 12.8 Å². The predicted molar refractivity (Wildman–Crippen MR) is 74.2 cm³/mol. The van der Waals surface area contributed by atoms with Crippen LogP contribution in [0.15, 0.2) is 17.0 Å². The Bertz CT molecular complexity index is 593. The second kappa shape index (κ2) is 5.79. The minimum absolute atomic E-state index is 0.0222. The number of piperidine rings is 1. The molecule has 0 atom stereocenters. The number of rotatable bonds is 3. The largest absolute Gasteiger partial charge is 0.392 e. The highest BCUT2D eigenvalue weighted by Crippen LogP contribution is 2.26. The van der Waals surface area contributed by atoms with E-state index >= 15 is 0 Å². The molecule has 0 aliphatic carbocycles. The number of benzene rings is 1. The van der Waals surface area contributed by atoms with Crippen LogP contribution >= 0.6 is 0 Å². The molecule has 1 aromatic rings. The van der Waals surface area contributed by atoms with E-state index in [0.29, 0.717) is 19.0 Å². The quantitative estimate of drug-likeness (QED) is 0.929. The number of halogens is 1. The van der Waals surface area contributed by atoms with Gasteiger partial charge in [-0.05, 0) is 43.4 Å². The molecule has 0 spiro atoms. The van der Waals surface area contributed by atoms with Crippen molar-refractivity contribution in [3.8, 4) is 0 Å². The van der Waals surface area contributed by atoms with Crippen LogP contribution in [0.1, 0.15) is 30.9 Å². The average Bonchev–Trinajstić information content (AvgIpc) is 2.42. The molecule has 0 aromatic heterocycles. The Labute approximate surface area is 119 Å². The van der Waals surface area contributed by atoms with Gasteiger partial charge in [0.05, 0.1) is 11.5 Å². The Morgan fingerprint density at radius 3 is 2.50 bits per heavy atom. The normalized spacial score (nSPS) is 18.4. The first kappa shape index (κ1) is 15.4. The summed E-state index contributed by atoms with van der Waals surface area (Å²) < 4.78 is 40.2. The molecule has 6 heteroatoms. The first-order valence-electron chi connectivity index (χ1n) is 6.76. The van der Waals surface area contributed by atoms with E-state index in [0.717, 1.165) is 12.8 Å². The molecule has 0 amide bonds. The van der Waals surface area contributed by atoms with Gasteiger partial charge in [0.1, 0.15) is 5.82 Å². The molecule has 0 saturated carbocycles. The monoisotopic (exact) mass is 301 g/mol. The third kappa shape index (κ3) is 2.87. The number of aliphatic hydroxyl groups excluding tert-OH is 1. The standard InChI is InChI=1S/C14H20FNO3S/c1-10-3-5-16(6-4-10)20(18,19)13-7-11(2)14(15)12(8-13)9-17/h7-8,10,17H,3-6,9H2,1-2H3. The molecule has 20 heavy (non-hydrogen) atoms. The van der Waals surface area contributed by atoms with Gasteiger partial charge < -0.3 is 5.11 Å². The van der Waals surface area contributed by atoms with Crippen LogP contribution in [-0.2, 0) is 16.6 Å². The molecule has 1 aliphatic heterocycles. The first-order valence-corrected chi connectivity index (χ1v) is 8.20. The fraction of sp³-hybridized carbons (Fsp3) is 0.571. The molecule has 112 valence electrons. The molecule has 1 fully saturated rings. The summed E-state index contributed by atoms with van der Waals surface area (Å²) in [6.07, 6.45) is 1.68. The summed E-state index contributed by atoms with van der Waals surface area (Å²) in [5.74, 6) is -0.0110. The fourth-order valence-electron chi connectivity index (χ4n) is 2.45. The average molecular weight is 301 g/mol. The fourth-order valence-corrected chi connectivity index (χ4v) is 4.05. The van der Waals surface area contributed by atoms with Gasteiger partial charge in [-0.3, -0.25) is 0 Å². The lowest BCUT2D eigenvalue weighted by Gasteiger charge is -2.29. The van der Waals surface area contributed by atoms with E-state index in [1.807, 2.05) is 0 Å². The molecule has 2 rings (SSSR count). The zero-order valence-corrected chi connectivity index (χ0v) is 12.6. The van der Waals surface area contributed by atoms with Crippen molar-refractivity contribution >= 4 is 10.0 Å². The van der Waals surface area contributed by atoms with E-state index in [2.05, 4.69) is 6.92 Å². The van der Waals surface area contributed by atoms with E-state index in [4.69, 9.17) is 5.11 Å². The highest BCUT2D eigenvalue weighted by Gasteiger charge is 2.29. The minimum Gasteiger partial charge on any atom is -0.392 e. The van der Waals surface area contributed by atoms with Crippen LogP contribution in [0, 0.1) is 18.7 Å². The van der Waals surface area contributed by atoms with E-state index in [9.17, 15) is 12.8 Å². The summed E-state index contributed by atoms with van der Waals surface area (Å²) >= 11 is 0.